The van der Waals surface area contributed by atoms with Gasteiger partial charge in [0.25, 0.3) is 0 Å². The van der Waals surface area contributed by atoms with E-state index in [-0.39, 0.29) is 0 Å². The maximum atomic E-state index is 5.83. The van der Waals surface area contributed by atoms with Gasteiger partial charge in [0, 0.05) is 36.5 Å². The number of nitrogens with zero attached hydrogens (tertiary/aromatic N) is 3. The zero-order valence-electron chi connectivity index (χ0n) is 15.1. The Morgan fingerprint density at radius 1 is 1.04 bits per heavy atom. The Labute approximate surface area is 147 Å². The van der Waals surface area contributed by atoms with E-state index < -0.39 is 0 Å². The maximum Gasteiger partial charge on any atom is 0.163 e. The highest BCUT2D eigenvalue weighted by atomic mass is 16.5. The first-order chi connectivity index (χ1) is 12.0. The van der Waals surface area contributed by atoms with Crippen LogP contribution >= 0.6 is 0 Å². The zero-order chi connectivity index (χ0) is 18.0. The fraction of sp³-hybridized carbons (Fsp3) is 0.316. The summed E-state index contributed by atoms with van der Waals surface area (Å²) in [5.41, 5.74) is 9.49. The van der Waals surface area contributed by atoms with Gasteiger partial charge in [0.15, 0.2) is 11.5 Å². The van der Waals surface area contributed by atoms with E-state index in [1.807, 2.05) is 36.4 Å². The molecule has 0 amide bonds. The second kappa shape index (κ2) is 7.03. The summed E-state index contributed by atoms with van der Waals surface area (Å²) in [6.45, 7) is 1.72. The highest BCUT2D eigenvalue weighted by Crippen LogP contribution is 2.34. The van der Waals surface area contributed by atoms with Crippen molar-refractivity contribution < 1.29 is 9.47 Å². The number of imidazole rings is 1. The molecule has 0 saturated heterocycles. The van der Waals surface area contributed by atoms with E-state index in [1.54, 1.807) is 14.2 Å². The van der Waals surface area contributed by atoms with Crippen LogP contribution in [0.2, 0.25) is 0 Å². The summed E-state index contributed by atoms with van der Waals surface area (Å²) in [7, 11) is 7.40. The van der Waals surface area contributed by atoms with Crippen LogP contribution in [-0.2, 0) is 6.54 Å². The summed E-state index contributed by atoms with van der Waals surface area (Å²) in [4.78, 5) is 6.99. The van der Waals surface area contributed by atoms with E-state index in [0.29, 0.717) is 11.5 Å². The average Bonchev–Trinajstić information content (AvgIpc) is 2.96. The molecule has 0 aliphatic heterocycles. The summed E-state index contributed by atoms with van der Waals surface area (Å²) < 4.78 is 13.1. The molecular formula is C19H24N4O2. The third kappa shape index (κ3) is 3.39. The summed E-state index contributed by atoms with van der Waals surface area (Å²) in [6.07, 6.45) is 0. The first-order valence-electron chi connectivity index (χ1n) is 8.16. The van der Waals surface area contributed by atoms with Crippen molar-refractivity contribution in [2.75, 3.05) is 40.6 Å². The lowest BCUT2D eigenvalue weighted by molar-refractivity contribution is 0.355. The molecule has 0 radical (unpaired) electrons. The van der Waals surface area contributed by atoms with Crippen LogP contribution in [-0.4, -0.2) is 49.3 Å². The normalized spacial score (nSPS) is 11.2. The number of methoxy groups -OCH3 is 2. The van der Waals surface area contributed by atoms with Gasteiger partial charge in [-0.2, -0.15) is 0 Å². The topological polar surface area (TPSA) is 65.5 Å². The quantitative estimate of drug-likeness (QED) is 0.699. The van der Waals surface area contributed by atoms with Gasteiger partial charge in [-0.05, 0) is 38.4 Å². The average molecular weight is 340 g/mol. The highest BCUT2D eigenvalue weighted by molar-refractivity contribution is 5.84. The third-order valence-corrected chi connectivity index (χ3v) is 4.19. The Bertz CT molecular complexity index is 869. The molecule has 0 bridgehead atoms. The molecule has 0 saturated carbocycles. The fourth-order valence-electron chi connectivity index (χ4n) is 2.83. The van der Waals surface area contributed by atoms with Crippen molar-refractivity contribution in [3.63, 3.8) is 0 Å². The first kappa shape index (κ1) is 17.1. The number of ether oxygens (including phenoxy) is 2. The molecule has 0 aliphatic carbocycles. The Morgan fingerprint density at radius 2 is 1.68 bits per heavy atom. The summed E-state index contributed by atoms with van der Waals surface area (Å²) in [5.74, 6) is 2.29. The fourth-order valence-corrected chi connectivity index (χ4v) is 2.83. The number of nitrogen functional groups attached to an aromatic ring is 1. The number of likely N-dealkylation sites (N-methyl/N-ethyl adjacent to an activating group) is 1. The van der Waals surface area contributed by atoms with Gasteiger partial charge in [-0.3, -0.25) is 0 Å². The first-order valence-corrected chi connectivity index (χ1v) is 8.16. The Morgan fingerprint density at radius 3 is 2.28 bits per heavy atom. The lowest BCUT2D eigenvalue weighted by Gasteiger charge is -2.14. The number of nitrogens with two attached hydrogens (primary N) is 1. The van der Waals surface area contributed by atoms with Gasteiger partial charge in [-0.1, -0.05) is 0 Å². The van der Waals surface area contributed by atoms with Gasteiger partial charge in [0.1, 0.15) is 5.82 Å². The molecule has 6 heteroatoms. The molecule has 0 unspecified atom stereocenters. The van der Waals surface area contributed by atoms with Crippen LogP contribution in [0.25, 0.3) is 22.4 Å². The van der Waals surface area contributed by atoms with Crippen LogP contribution < -0.4 is 15.2 Å². The molecule has 0 atom stereocenters. The van der Waals surface area contributed by atoms with Gasteiger partial charge in [0.2, 0.25) is 0 Å². The van der Waals surface area contributed by atoms with Crippen molar-refractivity contribution in [2.45, 2.75) is 6.54 Å². The number of benzene rings is 2. The van der Waals surface area contributed by atoms with E-state index in [9.17, 15) is 0 Å². The molecule has 3 rings (SSSR count). The standard InChI is InChI=1S/C19H24N4O2/c1-22(2)9-10-23-16-12-18(25-4)17(24-3)11-15(16)21-19(23)13-5-7-14(20)8-6-13/h5-8,11-12H,9-10,20H2,1-4H3. The Hall–Kier alpha value is -2.73. The van der Waals surface area contributed by atoms with Gasteiger partial charge in [0.05, 0.1) is 25.3 Å². The molecule has 3 aromatic rings. The third-order valence-electron chi connectivity index (χ3n) is 4.19. The van der Waals surface area contributed by atoms with Gasteiger partial charge in [-0.25, -0.2) is 4.98 Å². The van der Waals surface area contributed by atoms with Crippen molar-refractivity contribution >= 4 is 16.7 Å². The minimum absolute atomic E-state index is 0.677. The number of hydrogen-bond acceptors (Lipinski definition) is 5. The van der Waals surface area contributed by atoms with Gasteiger partial charge in [-0.15, -0.1) is 0 Å². The predicted octanol–water partition coefficient (Wildman–Crippen LogP) is 2.86. The summed E-state index contributed by atoms with van der Waals surface area (Å²) >= 11 is 0. The second-order valence-corrected chi connectivity index (χ2v) is 6.21. The summed E-state index contributed by atoms with van der Waals surface area (Å²) in [6, 6.07) is 11.7. The van der Waals surface area contributed by atoms with E-state index >= 15 is 0 Å². The molecule has 1 aromatic heterocycles. The summed E-state index contributed by atoms with van der Waals surface area (Å²) in [5, 5.41) is 0. The molecule has 0 spiro atoms. The molecule has 6 nitrogen and oxygen atoms in total. The minimum Gasteiger partial charge on any atom is -0.493 e. The number of hydrogen-bond donors (Lipinski definition) is 1. The van der Waals surface area contributed by atoms with E-state index in [2.05, 4.69) is 23.6 Å². The van der Waals surface area contributed by atoms with Crippen molar-refractivity contribution in [2.24, 2.45) is 0 Å². The van der Waals surface area contributed by atoms with E-state index in [0.717, 1.165) is 41.2 Å². The minimum atomic E-state index is 0.677. The zero-order valence-corrected chi connectivity index (χ0v) is 15.1. The number of aromatic nitrogens is 2. The van der Waals surface area contributed by atoms with Crippen molar-refractivity contribution in [1.82, 2.24) is 14.5 Å². The second-order valence-electron chi connectivity index (χ2n) is 6.21. The van der Waals surface area contributed by atoms with Crippen molar-refractivity contribution in [3.8, 4) is 22.9 Å². The van der Waals surface area contributed by atoms with Crippen LogP contribution in [0.4, 0.5) is 5.69 Å². The molecule has 25 heavy (non-hydrogen) atoms. The molecule has 132 valence electrons. The Balaban J connectivity index is 2.19. The molecule has 0 aliphatic rings. The van der Waals surface area contributed by atoms with Crippen LogP contribution in [0.15, 0.2) is 36.4 Å². The van der Waals surface area contributed by atoms with E-state index in [4.69, 9.17) is 20.2 Å². The van der Waals surface area contributed by atoms with Crippen LogP contribution in [0.3, 0.4) is 0 Å². The number of anilines is 1. The smallest absolute Gasteiger partial charge is 0.163 e. The Kier molecular flexibility index (Phi) is 4.81. The van der Waals surface area contributed by atoms with Crippen LogP contribution in [0.1, 0.15) is 0 Å². The molecular weight excluding hydrogens is 316 g/mol. The van der Waals surface area contributed by atoms with Gasteiger partial charge < -0.3 is 24.7 Å². The highest BCUT2D eigenvalue weighted by Gasteiger charge is 2.16. The lowest BCUT2D eigenvalue weighted by atomic mass is 10.2. The maximum absolute atomic E-state index is 5.83. The SMILES string of the molecule is COc1cc2nc(-c3ccc(N)cc3)n(CCN(C)C)c2cc1OC. The monoisotopic (exact) mass is 340 g/mol. The van der Waals surface area contributed by atoms with Gasteiger partial charge >= 0.3 is 0 Å². The molecule has 2 N–H and O–H groups in total. The lowest BCUT2D eigenvalue weighted by Crippen LogP contribution is -2.18. The largest absolute Gasteiger partial charge is 0.493 e. The van der Waals surface area contributed by atoms with Crippen molar-refractivity contribution in [1.29, 1.82) is 0 Å². The van der Waals surface area contributed by atoms with Crippen LogP contribution in [0.5, 0.6) is 11.5 Å². The molecule has 1 heterocycles. The number of fused-ring (bicyclic) bond motifs is 1. The van der Waals surface area contributed by atoms with Crippen LogP contribution in [0, 0.1) is 0 Å². The molecule has 2 aromatic carbocycles. The van der Waals surface area contributed by atoms with Crippen molar-refractivity contribution in [3.05, 3.63) is 36.4 Å². The predicted molar refractivity (Wildman–Crippen MR) is 101 cm³/mol. The molecule has 0 fully saturated rings. The number of rotatable bonds is 6. The van der Waals surface area contributed by atoms with E-state index in [1.165, 1.54) is 0 Å².